The quantitative estimate of drug-likeness (QED) is 0.551. The Kier molecular flexibility index (Phi) is 1.89. The second-order valence-corrected chi connectivity index (χ2v) is 4.88. The molecule has 2 aliphatic heterocycles. The number of hydrogen-bond acceptors (Lipinski definition) is 4. The molecular formula is C9H13ClO4. The van der Waals surface area contributed by atoms with Gasteiger partial charge in [-0.1, -0.05) is 0 Å². The van der Waals surface area contributed by atoms with Crippen molar-refractivity contribution < 1.29 is 19.7 Å². The van der Waals surface area contributed by atoms with Gasteiger partial charge in [0.2, 0.25) is 0 Å². The predicted molar refractivity (Wildman–Crippen MR) is 47.9 cm³/mol. The Hall–Kier alpha value is 0.130. The molecule has 14 heavy (non-hydrogen) atoms. The van der Waals surface area contributed by atoms with Crippen LogP contribution in [0.3, 0.4) is 0 Å². The van der Waals surface area contributed by atoms with E-state index in [0.717, 1.165) is 6.42 Å². The summed E-state index contributed by atoms with van der Waals surface area (Å²) < 4.78 is 10.7. The molecule has 3 fully saturated rings. The number of alkyl halides is 1. The first kappa shape index (κ1) is 9.36. The van der Waals surface area contributed by atoms with Gasteiger partial charge < -0.3 is 19.7 Å². The van der Waals surface area contributed by atoms with Crippen LogP contribution in [0, 0.1) is 11.8 Å². The van der Waals surface area contributed by atoms with Crippen molar-refractivity contribution in [3.05, 3.63) is 0 Å². The highest BCUT2D eigenvalue weighted by molar-refractivity contribution is 6.22. The average Bonchev–Trinajstić information content (AvgIpc) is 2.63. The molecular weight excluding hydrogens is 208 g/mol. The van der Waals surface area contributed by atoms with Crippen molar-refractivity contribution in [3.8, 4) is 0 Å². The lowest BCUT2D eigenvalue weighted by Crippen LogP contribution is -2.44. The fraction of sp³-hybridized carbons (Fsp3) is 1.00. The summed E-state index contributed by atoms with van der Waals surface area (Å²) in [5, 5.41) is 19.5. The Morgan fingerprint density at radius 3 is 2.93 bits per heavy atom. The van der Waals surface area contributed by atoms with Crippen LogP contribution >= 0.6 is 11.6 Å². The van der Waals surface area contributed by atoms with E-state index in [0.29, 0.717) is 6.61 Å². The molecule has 1 unspecified atom stereocenters. The maximum absolute atomic E-state index is 10.3. The third-order valence-electron chi connectivity index (χ3n) is 3.76. The topological polar surface area (TPSA) is 58.9 Å². The van der Waals surface area contributed by atoms with E-state index in [-0.39, 0.29) is 24.7 Å². The van der Waals surface area contributed by atoms with Gasteiger partial charge in [-0.3, -0.25) is 0 Å². The summed E-state index contributed by atoms with van der Waals surface area (Å²) in [5.41, 5.74) is -1.10. The summed E-state index contributed by atoms with van der Waals surface area (Å²) in [5.74, 6) is -0.141. The first-order valence-electron chi connectivity index (χ1n) is 4.92. The van der Waals surface area contributed by atoms with Gasteiger partial charge in [0.15, 0.2) is 6.29 Å². The van der Waals surface area contributed by atoms with Crippen LogP contribution in [0.25, 0.3) is 0 Å². The smallest absolute Gasteiger partial charge is 0.163 e. The molecule has 6 atom stereocenters. The van der Waals surface area contributed by atoms with E-state index in [1.165, 1.54) is 0 Å². The first-order chi connectivity index (χ1) is 6.64. The standard InChI is InChI=1S/C9H13ClO4/c10-7-6(11)4-1-2-13-8-5(4)9(7,12)3-14-8/h4-8,11-12H,1-3H2/t4-,5?,6+,7-,8-,9+/m1/s1. The van der Waals surface area contributed by atoms with Crippen molar-refractivity contribution in [3.63, 3.8) is 0 Å². The molecule has 5 heteroatoms. The van der Waals surface area contributed by atoms with Gasteiger partial charge in [-0.25, -0.2) is 0 Å². The lowest BCUT2D eigenvalue weighted by Gasteiger charge is -2.32. The van der Waals surface area contributed by atoms with E-state index >= 15 is 0 Å². The van der Waals surface area contributed by atoms with Gasteiger partial charge in [0.25, 0.3) is 0 Å². The highest BCUT2D eigenvalue weighted by Gasteiger charge is 2.66. The normalized spacial score (nSPS) is 61.5. The molecule has 0 bridgehead atoms. The Labute approximate surface area is 86.8 Å². The third kappa shape index (κ3) is 0.933. The van der Waals surface area contributed by atoms with Gasteiger partial charge in [0.1, 0.15) is 5.60 Å². The number of hydrogen-bond donors (Lipinski definition) is 2. The summed E-state index contributed by atoms with van der Waals surface area (Å²) in [6.07, 6.45) is -0.267. The van der Waals surface area contributed by atoms with Crippen molar-refractivity contribution in [1.82, 2.24) is 0 Å². The maximum Gasteiger partial charge on any atom is 0.163 e. The summed E-state index contributed by atoms with van der Waals surface area (Å²) in [6, 6.07) is 0. The molecule has 1 saturated carbocycles. The molecule has 0 amide bonds. The van der Waals surface area contributed by atoms with E-state index in [4.69, 9.17) is 21.1 Å². The lowest BCUT2D eigenvalue weighted by molar-refractivity contribution is -0.174. The summed E-state index contributed by atoms with van der Waals surface area (Å²) >= 11 is 6.04. The largest absolute Gasteiger partial charge is 0.391 e. The first-order valence-corrected chi connectivity index (χ1v) is 5.36. The van der Waals surface area contributed by atoms with Gasteiger partial charge in [0.05, 0.1) is 24.7 Å². The minimum Gasteiger partial charge on any atom is -0.391 e. The van der Waals surface area contributed by atoms with Crippen LogP contribution in [0.5, 0.6) is 0 Å². The fourth-order valence-corrected chi connectivity index (χ4v) is 3.43. The molecule has 4 nitrogen and oxygen atoms in total. The van der Waals surface area contributed by atoms with E-state index < -0.39 is 17.1 Å². The van der Waals surface area contributed by atoms with Crippen molar-refractivity contribution in [2.75, 3.05) is 13.2 Å². The highest BCUT2D eigenvalue weighted by Crippen LogP contribution is 2.53. The van der Waals surface area contributed by atoms with E-state index in [9.17, 15) is 10.2 Å². The number of aliphatic hydroxyl groups is 2. The second-order valence-electron chi connectivity index (χ2n) is 4.41. The number of rotatable bonds is 0. The van der Waals surface area contributed by atoms with E-state index in [2.05, 4.69) is 0 Å². The fourth-order valence-electron chi connectivity index (χ4n) is 3.03. The minimum atomic E-state index is -1.10. The van der Waals surface area contributed by atoms with E-state index in [1.54, 1.807) is 0 Å². The number of aliphatic hydroxyl groups excluding tert-OH is 1. The average molecular weight is 221 g/mol. The monoisotopic (exact) mass is 220 g/mol. The van der Waals surface area contributed by atoms with Gasteiger partial charge >= 0.3 is 0 Å². The van der Waals surface area contributed by atoms with E-state index in [1.807, 2.05) is 0 Å². The summed E-state index contributed by atoms with van der Waals surface area (Å²) in [7, 11) is 0. The molecule has 1 aliphatic carbocycles. The van der Waals surface area contributed by atoms with Crippen LogP contribution < -0.4 is 0 Å². The highest BCUT2D eigenvalue weighted by atomic mass is 35.5. The molecule has 0 aromatic carbocycles. The second kappa shape index (κ2) is 2.83. The Morgan fingerprint density at radius 1 is 1.36 bits per heavy atom. The summed E-state index contributed by atoms with van der Waals surface area (Å²) in [6.45, 7) is 0.743. The van der Waals surface area contributed by atoms with Gasteiger partial charge in [-0.2, -0.15) is 0 Å². The predicted octanol–water partition coefficient (Wildman–Crippen LogP) is -0.292. The molecule has 0 spiro atoms. The van der Waals surface area contributed by atoms with Crippen molar-refractivity contribution in [2.24, 2.45) is 11.8 Å². The van der Waals surface area contributed by atoms with Crippen LogP contribution in [-0.2, 0) is 9.47 Å². The molecule has 2 saturated heterocycles. The molecule has 2 heterocycles. The number of halogens is 1. The molecule has 3 aliphatic rings. The molecule has 3 rings (SSSR count). The molecule has 0 aromatic heterocycles. The zero-order valence-corrected chi connectivity index (χ0v) is 8.35. The van der Waals surface area contributed by atoms with Crippen molar-refractivity contribution in [2.45, 2.75) is 29.8 Å². The van der Waals surface area contributed by atoms with Gasteiger partial charge in [-0.15, -0.1) is 11.6 Å². The molecule has 80 valence electrons. The van der Waals surface area contributed by atoms with Crippen molar-refractivity contribution >= 4 is 11.6 Å². The summed E-state index contributed by atoms with van der Waals surface area (Å²) in [4.78, 5) is 0. The molecule has 0 aromatic rings. The molecule has 2 N–H and O–H groups in total. The zero-order chi connectivity index (χ0) is 9.92. The third-order valence-corrected chi connectivity index (χ3v) is 4.40. The zero-order valence-electron chi connectivity index (χ0n) is 7.60. The SMILES string of the molecule is O[C@H]1[C@@H]2CCO[C@@H]3OC[C@](O)(C32)[C@@H]1Cl. The van der Waals surface area contributed by atoms with Gasteiger partial charge in [0, 0.05) is 5.92 Å². The van der Waals surface area contributed by atoms with Crippen molar-refractivity contribution in [1.29, 1.82) is 0 Å². The van der Waals surface area contributed by atoms with Gasteiger partial charge in [-0.05, 0) is 12.3 Å². The maximum atomic E-state index is 10.3. The van der Waals surface area contributed by atoms with Crippen LogP contribution in [0.2, 0.25) is 0 Å². The Bertz CT molecular complexity index is 261. The lowest BCUT2D eigenvalue weighted by atomic mass is 9.84. The van der Waals surface area contributed by atoms with Crippen LogP contribution in [0.1, 0.15) is 6.42 Å². The van der Waals surface area contributed by atoms with Crippen LogP contribution in [-0.4, -0.2) is 46.8 Å². The van der Waals surface area contributed by atoms with Crippen LogP contribution in [0.4, 0.5) is 0 Å². The Balaban J connectivity index is 2.00. The molecule has 0 radical (unpaired) electrons. The Morgan fingerprint density at radius 2 is 2.14 bits per heavy atom. The minimum absolute atomic E-state index is 0.0174. The number of ether oxygens (including phenoxy) is 2. The van der Waals surface area contributed by atoms with Crippen LogP contribution in [0.15, 0.2) is 0 Å².